The number of halogens is 4. The summed E-state index contributed by atoms with van der Waals surface area (Å²) in [5, 5.41) is 5.60. The van der Waals surface area contributed by atoms with E-state index >= 15 is 0 Å². The standard InChI is InChI=1S/C24H18Cl3FN2O2/c25-20-7-2-1-4-17(20)13-30(24(31)16-5-3-6-18(28)10-16)14-19-12-23(29-32-19)15-8-9-21(26)22(27)11-15/h1-11,19H,12-14H2. The number of oxime groups is 1. The third-order valence-electron chi connectivity index (χ3n) is 5.09. The topological polar surface area (TPSA) is 41.9 Å². The second kappa shape index (κ2) is 9.90. The van der Waals surface area contributed by atoms with Crippen LogP contribution in [0.4, 0.5) is 4.39 Å². The van der Waals surface area contributed by atoms with Gasteiger partial charge in [0.1, 0.15) is 5.82 Å². The molecule has 0 radical (unpaired) electrons. The molecule has 0 bridgehead atoms. The van der Waals surface area contributed by atoms with Crippen molar-refractivity contribution in [2.45, 2.75) is 19.1 Å². The normalized spacial score (nSPS) is 15.2. The molecule has 0 aromatic heterocycles. The van der Waals surface area contributed by atoms with Crippen LogP contribution in [0.5, 0.6) is 0 Å². The lowest BCUT2D eigenvalue weighted by atomic mass is 10.0. The maximum atomic E-state index is 13.7. The first-order chi connectivity index (χ1) is 15.4. The predicted molar refractivity (Wildman–Crippen MR) is 125 cm³/mol. The van der Waals surface area contributed by atoms with E-state index < -0.39 is 5.82 Å². The Morgan fingerprint density at radius 1 is 1.00 bits per heavy atom. The summed E-state index contributed by atoms with van der Waals surface area (Å²) in [5.41, 5.74) is 2.55. The molecule has 0 fully saturated rings. The summed E-state index contributed by atoms with van der Waals surface area (Å²) in [7, 11) is 0. The number of hydrogen-bond donors (Lipinski definition) is 0. The van der Waals surface area contributed by atoms with Crippen molar-refractivity contribution >= 4 is 46.4 Å². The molecule has 8 heteroatoms. The van der Waals surface area contributed by atoms with E-state index in [2.05, 4.69) is 5.16 Å². The number of nitrogens with zero attached hydrogens (tertiary/aromatic N) is 2. The van der Waals surface area contributed by atoms with Gasteiger partial charge in [0.25, 0.3) is 5.91 Å². The molecule has 0 aliphatic carbocycles. The maximum absolute atomic E-state index is 13.7. The quantitative estimate of drug-likeness (QED) is 0.389. The molecule has 4 rings (SSSR count). The molecule has 32 heavy (non-hydrogen) atoms. The van der Waals surface area contributed by atoms with E-state index in [4.69, 9.17) is 39.6 Å². The minimum atomic E-state index is -0.476. The Bertz CT molecular complexity index is 1190. The van der Waals surface area contributed by atoms with Gasteiger partial charge in [-0.15, -0.1) is 0 Å². The molecule has 164 valence electrons. The number of hydrogen-bond acceptors (Lipinski definition) is 3. The van der Waals surface area contributed by atoms with Crippen molar-refractivity contribution in [3.05, 3.63) is 104 Å². The maximum Gasteiger partial charge on any atom is 0.254 e. The van der Waals surface area contributed by atoms with Crippen LogP contribution in [0.15, 0.2) is 71.9 Å². The van der Waals surface area contributed by atoms with Gasteiger partial charge in [0.2, 0.25) is 0 Å². The highest BCUT2D eigenvalue weighted by Gasteiger charge is 2.28. The molecular weight excluding hydrogens is 474 g/mol. The highest BCUT2D eigenvalue weighted by atomic mass is 35.5. The van der Waals surface area contributed by atoms with Gasteiger partial charge in [-0.1, -0.05) is 70.3 Å². The summed E-state index contributed by atoms with van der Waals surface area (Å²) in [6, 6.07) is 18.1. The molecular formula is C24H18Cl3FN2O2. The number of carbonyl (C=O) groups excluding carboxylic acids is 1. The molecule has 1 amide bonds. The number of rotatable bonds is 6. The Hall–Kier alpha value is -2.60. The third-order valence-corrected chi connectivity index (χ3v) is 6.20. The molecule has 3 aromatic rings. The fourth-order valence-electron chi connectivity index (χ4n) is 3.47. The van der Waals surface area contributed by atoms with Crippen LogP contribution in [0.3, 0.4) is 0 Å². The average molecular weight is 492 g/mol. The van der Waals surface area contributed by atoms with Gasteiger partial charge in [-0.25, -0.2) is 4.39 Å². The van der Waals surface area contributed by atoms with Crippen molar-refractivity contribution < 1.29 is 14.0 Å². The van der Waals surface area contributed by atoms with E-state index in [-0.39, 0.29) is 30.7 Å². The second-order valence-corrected chi connectivity index (χ2v) is 8.61. The Kier molecular flexibility index (Phi) is 6.99. The zero-order valence-electron chi connectivity index (χ0n) is 16.8. The predicted octanol–water partition coefficient (Wildman–Crippen LogP) is 6.62. The lowest BCUT2D eigenvalue weighted by molar-refractivity contribution is 0.0405. The van der Waals surface area contributed by atoms with Crippen LogP contribution in [0.1, 0.15) is 27.9 Å². The van der Waals surface area contributed by atoms with Crippen LogP contribution >= 0.6 is 34.8 Å². The largest absolute Gasteiger partial charge is 0.390 e. The van der Waals surface area contributed by atoms with E-state index in [1.807, 2.05) is 24.3 Å². The first kappa shape index (κ1) is 22.6. The smallest absolute Gasteiger partial charge is 0.254 e. The molecule has 4 nitrogen and oxygen atoms in total. The molecule has 1 aliphatic rings. The summed E-state index contributed by atoms with van der Waals surface area (Å²) in [5.74, 6) is -0.799. The fraction of sp³-hybridized carbons (Fsp3) is 0.167. The number of amides is 1. The summed E-state index contributed by atoms with van der Waals surface area (Å²) >= 11 is 18.4. The van der Waals surface area contributed by atoms with Crippen LogP contribution in [0, 0.1) is 5.82 Å². The zero-order valence-corrected chi connectivity index (χ0v) is 19.0. The molecule has 3 aromatic carbocycles. The molecule has 0 saturated carbocycles. The SMILES string of the molecule is O=C(c1cccc(F)c1)N(Cc1ccccc1Cl)CC1CC(c2ccc(Cl)c(Cl)c2)=NO1. The van der Waals surface area contributed by atoms with Gasteiger partial charge in [0.15, 0.2) is 6.10 Å². The first-order valence-corrected chi connectivity index (χ1v) is 11.0. The van der Waals surface area contributed by atoms with Crippen molar-refractivity contribution in [2.75, 3.05) is 6.54 Å². The van der Waals surface area contributed by atoms with E-state index in [0.717, 1.165) is 11.1 Å². The Labute approximate surface area is 200 Å². The number of carbonyl (C=O) groups is 1. The molecule has 0 spiro atoms. The van der Waals surface area contributed by atoms with Gasteiger partial charge >= 0.3 is 0 Å². The van der Waals surface area contributed by atoms with Crippen molar-refractivity contribution in [1.82, 2.24) is 4.90 Å². The van der Waals surface area contributed by atoms with Gasteiger partial charge in [-0.05, 0) is 42.0 Å². The van der Waals surface area contributed by atoms with Gasteiger partial charge in [-0.3, -0.25) is 4.79 Å². The zero-order chi connectivity index (χ0) is 22.7. The molecule has 0 N–H and O–H groups in total. The number of benzene rings is 3. The molecule has 1 unspecified atom stereocenters. The fourth-order valence-corrected chi connectivity index (χ4v) is 3.97. The minimum absolute atomic E-state index is 0.245. The van der Waals surface area contributed by atoms with E-state index in [1.54, 1.807) is 29.2 Å². The summed E-state index contributed by atoms with van der Waals surface area (Å²) < 4.78 is 13.7. The van der Waals surface area contributed by atoms with Crippen molar-refractivity contribution in [3.8, 4) is 0 Å². The van der Waals surface area contributed by atoms with Crippen LogP contribution in [0.2, 0.25) is 15.1 Å². The van der Waals surface area contributed by atoms with Crippen LogP contribution < -0.4 is 0 Å². The van der Waals surface area contributed by atoms with Gasteiger partial charge < -0.3 is 9.74 Å². The molecule has 1 aliphatic heterocycles. The van der Waals surface area contributed by atoms with E-state index in [1.165, 1.54) is 18.2 Å². The highest BCUT2D eigenvalue weighted by Crippen LogP contribution is 2.26. The Morgan fingerprint density at radius 2 is 1.81 bits per heavy atom. The van der Waals surface area contributed by atoms with Crippen molar-refractivity contribution in [2.24, 2.45) is 5.16 Å². The van der Waals surface area contributed by atoms with Gasteiger partial charge in [0, 0.05) is 29.1 Å². The van der Waals surface area contributed by atoms with E-state index in [9.17, 15) is 9.18 Å². The average Bonchev–Trinajstić information content (AvgIpc) is 3.25. The van der Waals surface area contributed by atoms with Crippen LogP contribution in [-0.2, 0) is 11.4 Å². The molecule has 1 heterocycles. The van der Waals surface area contributed by atoms with Crippen molar-refractivity contribution in [1.29, 1.82) is 0 Å². The first-order valence-electron chi connectivity index (χ1n) is 9.87. The highest BCUT2D eigenvalue weighted by molar-refractivity contribution is 6.42. The summed E-state index contributed by atoms with van der Waals surface area (Å²) in [4.78, 5) is 20.4. The second-order valence-electron chi connectivity index (χ2n) is 7.39. The molecule has 0 saturated heterocycles. The Balaban J connectivity index is 1.53. The van der Waals surface area contributed by atoms with Crippen molar-refractivity contribution in [3.63, 3.8) is 0 Å². The van der Waals surface area contributed by atoms with E-state index in [0.29, 0.717) is 27.2 Å². The lowest BCUT2D eigenvalue weighted by Gasteiger charge is -2.25. The van der Waals surface area contributed by atoms with Gasteiger partial charge in [-0.2, -0.15) is 0 Å². The third kappa shape index (κ3) is 5.23. The summed E-state index contributed by atoms with van der Waals surface area (Å²) in [6.45, 7) is 0.492. The Morgan fingerprint density at radius 3 is 2.56 bits per heavy atom. The summed E-state index contributed by atoms with van der Waals surface area (Å²) in [6.07, 6.45) is 0.104. The monoisotopic (exact) mass is 490 g/mol. The minimum Gasteiger partial charge on any atom is -0.390 e. The lowest BCUT2D eigenvalue weighted by Crippen LogP contribution is -2.37. The molecule has 1 atom stereocenters. The van der Waals surface area contributed by atoms with Crippen LogP contribution in [-0.4, -0.2) is 29.2 Å². The van der Waals surface area contributed by atoms with Crippen LogP contribution in [0.25, 0.3) is 0 Å². The van der Waals surface area contributed by atoms with Gasteiger partial charge in [0.05, 0.1) is 22.3 Å².